The molecule has 0 saturated heterocycles. The smallest absolute Gasteiger partial charge is 0.0465 e. The van der Waals surface area contributed by atoms with E-state index in [2.05, 4.69) is 28.2 Å². The predicted molar refractivity (Wildman–Crippen MR) is 66.6 cm³/mol. The molecule has 1 rings (SSSR count). The van der Waals surface area contributed by atoms with Gasteiger partial charge in [-0.2, -0.15) is 0 Å². The highest BCUT2D eigenvalue weighted by Gasteiger charge is 2.06. The number of nitrogens with one attached hydrogen (secondary N) is 1. The van der Waals surface area contributed by atoms with Crippen LogP contribution < -0.4 is 5.32 Å². The minimum Gasteiger partial charge on any atom is -0.309 e. The molecule has 0 radical (unpaired) electrons. The van der Waals surface area contributed by atoms with Crippen LogP contribution in [0.1, 0.15) is 12.5 Å². The van der Waals surface area contributed by atoms with Crippen LogP contribution in [0.4, 0.5) is 0 Å². The van der Waals surface area contributed by atoms with Gasteiger partial charge in [0.05, 0.1) is 0 Å². The Kier molecular flexibility index (Phi) is 5.24. The van der Waals surface area contributed by atoms with Crippen LogP contribution in [0.2, 0.25) is 10.0 Å². The number of rotatable bonds is 4. The van der Waals surface area contributed by atoms with Gasteiger partial charge in [-0.25, -0.2) is 0 Å². The standard InChI is InChI=1S/C10H12BrCl2N/c1-7(5-11)14-6-8-9(12)3-2-4-10(8)13/h2-4,7,14H,5-6H2,1H3. The number of alkyl halides is 1. The maximum Gasteiger partial charge on any atom is 0.0465 e. The first-order valence-corrected chi connectivity index (χ1v) is 6.25. The molecule has 78 valence electrons. The molecule has 0 spiro atoms. The van der Waals surface area contributed by atoms with Gasteiger partial charge in [-0.3, -0.25) is 0 Å². The van der Waals surface area contributed by atoms with Gasteiger partial charge < -0.3 is 5.32 Å². The third-order valence-electron chi connectivity index (χ3n) is 1.92. The summed E-state index contributed by atoms with van der Waals surface area (Å²) in [6, 6.07) is 5.96. The van der Waals surface area contributed by atoms with Gasteiger partial charge in [0.15, 0.2) is 0 Å². The molecule has 0 aliphatic carbocycles. The molecule has 14 heavy (non-hydrogen) atoms. The van der Waals surface area contributed by atoms with Crippen LogP contribution in [0.15, 0.2) is 18.2 Å². The van der Waals surface area contributed by atoms with Gasteiger partial charge in [-0.05, 0) is 19.1 Å². The maximum atomic E-state index is 6.02. The van der Waals surface area contributed by atoms with E-state index in [9.17, 15) is 0 Å². The first kappa shape index (κ1) is 12.3. The summed E-state index contributed by atoms with van der Waals surface area (Å²) in [5, 5.41) is 5.66. The van der Waals surface area contributed by atoms with Crippen LogP contribution in [0.25, 0.3) is 0 Å². The fourth-order valence-electron chi connectivity index (χ4n) is 1.03. The lowest BCUT2D eigenvalue weighted by molar-refractivity contribution is 0.598. The van der Waals surface area contributed by atoms with E-state index in [0.29, 0.717) is 22.6 Å². The Bertz CT molecular complexity index is 284. The molecular weight excluding hydrogens is 285 g/mol. The third-order valence-corrected chi connectivity index (χ3v) is 3.60. The molecule has 0 fully saturated rings. The average Bonchev–Trinajstić information content (AvgIpc) is 2.16. The van der Waals surface area contributed by atoms with Gasteiger partial charge in [-0.15, -0.1) is 0 Å². The number of hydrogen-bond acceptors (Lipinski definition) is 1. The topological polar surface area (TPSA) is 12.0 Å². The second-order valence-electron chi connectivity index (χ2n) is 3.14. The van der Waals surface area contributed by atoms with E-state index in [-0.39, 0.29) is 0 Å². The van der Waals surface area contributed by atoms with Crippen molar-refractivity contribution in [2.24, 2.45) is 0 Å². The Morgan fingerprint density at radius 1 is 1.36 bits per heavy atom. The van der Waals surface area contributed by atoms with Crippen molar-refractivity contribution < 1.29 is 0 Å². The molecule has 1 aromatic rings. The minimum absolute atomic E-state index is 0.405. The Morgan fingerprint density at radius 2 is 1.93 bits per heavy atom. The van der Waals surface area contributed by atoms with Crippen molar-refractivity contribution in [3.63, 3.8) is 0 Å². The molecule has 0 saturated carbocycles. The zero-order chi connectivity index (χ0) is 10.6. The van der Waals surface area contributed by atoms with Crippen molar-refractivity contribution in [1.82, 2.24) is 5.32 Å². The van der Waals surface area contributed by atoms with Gasteiger partial charge in [0, 0.05) is 33.5 Å². The number of benzene rings is 1. The summed E-state index contributed by atoms with van der Waals surface area (Å²) in [7, 11) is 0. The number of hydrogen-bond donors (Lipinski definition) is 1. The molecule has 0 aliphatic rings. The van der Waals surface area contributed by atoms with Crippen LogP contribution in [0.3, 0.4) is 0 Å². The summed E-state index contributed by atoms with van der Waals surface area (Å²) < 4.78 is 0. The van der Waals surface area contributed by atoms with E-state index in [0.717, 1.165) is 10.9 Å². The minimum atomic E-state index is 0.405. The quantitative estimate of drug-likeness (QED) is 0.832. The summed E-state index contributed by atoms with van der Waals surface area (Å²) >= 11 is 15.4. The largest absolute Gasteiger partial charge is 0.309 e. The summed E-state index contributed by atoms with van der Waals surface area (Å²) in [6.45, 7) is 2.80. The van der Waals surface area contributed by atoms with Crippen LogP contribution in [0.5, 0.6) is 0 Å². The summed E-state index contributed by atoms with van der Waals surface area (Å²) in [5.41, 5.74) is 0.962. The lowest BCUT2D eigenvalue weighted by atomic mass is 10.2. The fraction of sp³-hybridized carbons (Fsp3) is 0.400. The highest BCUT2D eigenvalue weighted by atomic mass is 79.9. The Balaban J connectivity index is 2.66. The molecule has 0 heterocycles. The normalized spacial score (nSPS) is 12.9. The van der Waals surface area contributed by atoms with E-state index in [1.54, 1.807) is 0 Å². The van der Waals surface area contributed by atoms with Crippen LogP contribution >= 0.6 is 39.1 Å². The zero-order valence-electron chi connectivity index (χ0n) is 7.86. The maximum absolute atomic E-state index is 6.02. The molecule has 1 nitrogen and oxygen atoms in total. The Labute approximate surface area is 103 Å². The molecule has 1 atom stereocenters. The molecule has 0 amide bonds. The van der Waals surface area contributed by atoms with Crippen LogP contribution in [-0.4, -0.2) is 11.4 Å². The van der Waals surface area contributed by atoms with Gasteiger partial charge >= 0.3 is 0 Å². The van der Waals surface area contributed by atoms with Gasteiger partial charge in [-0.1, -0.05) is 45.2 Å². The molecule has 1 unspecified atom stereocenters. The highest BCUT2D eigenvalue weighted by molar-refractivity contribution is 9.09. The van der Waals surface area contributed by atoms with Crippen molar-refractivity contribution >= 4 is 39.1 Å². The van der Waals surface area contributed by atoms with E-state index in [1.807, 2.05) is 18.2 Å². The molecule has 0 bridgehead atoms. The van der Waals surface area contributed by atoms with Crippen LogP contribution in [0, 0.1) is 0 Å². The Hall–Kier alpha value is 0.240. The lowest BCUT2D eigenvalue weighted by Crippen LogP contribution is -2.26. The SMILES string of the molecule is CC(CBr)NCc1c(Cl)cccc1Cl. The van der Waals surface area contributed by atoms with Crippen molar-refractivity contribution in [1.29, 1.82) is 0 Å². The first-order chi connectivity index (χ1) is 6.65. The van der Waals surface area contributed by atoms with Gasteiger partial charge in [0.1, 0.15) is 0 Å². The predicted octanol–water partition coefficient (Wildman–Crippen LogP) is 3.87. The Morgan fingerprint density at radius 3 is 2.43 bits per heavy atom. The van der Waals surface area contributed by atoms with E-state index >= 15 is 0 Å². The lowest BCUT2D eigenvalue weighted by Gasteiger charge is -2.12. The van der Waals surface area contributed by atoms with E-state index < -0.39 is 0 Å². The second-order valence-corrected chi connectivity index (χ2v) is 4.60. The molecular formula is C10H12BrCl2N. The fourth-order valence-corrected chi connectivity index (χ4v) is 1.79. The van der Waals surface area contributed by atoms with Gasteiger partial charge in [0.2, 0.25) is 0 Å². The monoisotopic (exact) mass is 295 g/mol. The summed E-state index contributed by atoms with van der Waals surface area (Å²) in [5.74, 6) is 0. The van der Waals surface area contributed by atoms with E-state index in [4.69, 9.17) is 23.2 Å². The average molecular weight is 297 g/mol. The van der Waals surface area contributed by atoms with Crippen molar-refractivity contribution in [3.8, 4) is 0 Å². The van der Waals surface area contributed by atoms with Crippen molar-refractivity contribution in [2.75, 3.05) is 5.33 Å². The second kappa shape index (κ2) is 5.96. The highest BCUT2D eigenvalue weighted by Crippen LogP contribution is 2.23. The van der Waals surface area contributed by atoms with Gasteiger partial charge in [0.25, 0.3) is 0 Å². The zero-order valence-corrected chi connectivity index (χ0v) is 11.0. The van der Waals surface area contributed by atoms with Crippen molar-refractivity contribution in [2.45, 2.75) is 19.5 Å². The molecule has 0 aliphatic heterocycles. The van der Waals surface area contributed by atoms with Crippen molar-refractivity contribution in [3.05, 3.63) is 33.8 Å². The molecule has 0 aromatic heterocycles. The van der Waals surface area contributed by atoms with Crippen LogP contribution in [-0.2, 0) is 6.54 Å². The summed E-state index contributed by atoms with van der Waals surface area (Å²) in [4.78, 5) is 0. The molecule has 1 N–H and O–H groups in total. The molecule has 1 aromatic carbocycles. The third kappa shape index (κ3) is 3.43. The molecule has 4 heteroatoms. The van der Waals surface area contributed by atoms with E-state index in [1.165, 1.54) is 0 Å². The first-order valence-electron chi connectivity index (χ1n) is 4.37. The number of halogens is 3. The summed E-state index contributed by atoms with van der Waals surface area (Å²) in [6.07, 6.45) is 0.